The van der Waals surface area contributed by atoms with Gasteiger partial charge in [0.2, 0.25) is 0 Å². The number of nitrogens with two attached hydrogens (primary N) is 1. The zero-order valence-corrected chi connectivity index (χ0v) is 9.18. The molecule has 8 nitrogen and oxygen atoms in total. The first kappa shape index (κ1) is 13.9. The summed E-state index contributed by atoms with van der Waals surface area (Å²) in [6, 6.07) is 3.33. The van der Waals surface area contributed by atoms with Crippen molar-refractivity contribution in [1.82, 2.24) is 0 Å². The molecule has 0 aliphatic heterocycles. The molecule has 0 radical (unpaired) electrons. The van der Waals surface area contributed by atoms with E-state index in [9.17, 15) is 25.1 Å². The lowest BCUT2D eigenvalue weighted by atomic mass is 10.00. The summed E-state index contributed by atoms with van der Waals surface area (Å²) in [7, 11) is 0. The average molecular weight is 256 g/mol. The lowest BCUT2D eigenvalue weighted by molar-refractivity contribution is -0.384. The van der Waals surface area contributed by atoms with Crippen LogP contribution in [0.1, 0.15) is 18.1 Å². The number of rotatable bonds is 5. The molecule has 0 saturated heterocycles. The van der Waals surface area contributed by atoms with Crippen LogP contribution >= 0.6 is 0 Å². The minimum atomic E-state index is -1.54. The predicted molar refractivity (Wildman–Crippen MR) is 60.7 cm³/mol. The first-order valence-corrected chi connectivity index (χ1v) is 4.94. The number of aliphatic hydroxyl groups is 2. The van der Waals surface area contributed by atoms with E-state index in [-0.39, 0.29) is 16.9 Å². The summed E-state index contributed by atoms with van der Waals surface area (Å²) >= 11 is 0. The zero-order chi connectivity index (χ0) is 13.9. The molecule has 2 unspecified atom stereocenters. The second kappa shape index (κ2) is 5.43. The Balaban J connectivity index is 2.96. The molecule has 1 aromatic rings. The molecule has 0 fully saturated rings. The predicted octanol–water partition coefficient (Wildman–Crippen LogP) is 0.0460. The molecule has 0 aromatic heterocycles. The Hall–Kier alpha value is -2.19. The third-order valence-corrected chi connectivity index (χ3v) is 2.35. The third-order valence-electron chi connectivity index (χ3n) is 2.35. The number of carbonyl (C=O) groups is 1. The van der Waals surface area contributed by atoms with E-state index in [1.807, 2.05) is 0 Å². The van der Waals surface area contributed by atoms with E-state index >= 15 is 0 Å². The van der Waals surface area contributed by atoms with E-state index < -0.39 is 29.5 Å². The summed E-state index contributed by atoms with van der Waals surface area (Å²) in [6.07, 6.45) is -3.70. The third kappa shape index (κ3) is 3.15. The van der Waals surface area contributed by atoms with Crippen LogP contribution in [0.5, 0.6) is 0 Å². The number of aliphatic hydroxyl groups excluding tert-OH is 2. The standard InChI is InChI=1S/C10H12N2O6/c11-7-3-5(12(17)18)1-2-6(7)10(16)8(13)4-9(14)15/h1-3,8,10,13,16H,4,11H2,(H,14,15). The largest absolute Gasteiger partial charge is 0.481 e. The maximum absolute atomic E-state index is 10.5. The van der Waals surface area contributed by atoms with E-state index in [0.717, 1.165) is 12.1 Å². The minimum Gasteiger partial charge on any atom is -0.481 e. The van der Waals surface area contributed by atoms with Crippen LogP contribution in [-0.2, 0) is 4.79 Å². The fraction of sp³-hybridized carbons (Fsp3) is 0.300. The zero-order valence-electron chi connectivity index (χ0n) is 9.18. The molecule has 98 valence electrons. The number of carboxylic acid groups (broad SMARTS) is 1. The van der Waals surface area contributed by atoms with Gasteiger partial charge in [-0.1, -0.05) is 0 Å². The lowest BCUT2D eigenvalue weighted by Gasteiger charge is -2.17. The van der Waals surface area contributed by atoms with Crippen LogP contribution in [0.3, 0.4) is 0 Å². The number of hydrogen-bond acceptors (Lipinski definition) is 6. The summed E-state index contributed by atoms with van der Waals surface area (Å²) in [5, 5.41) is 38.1. The van der Waals surface area contributed by atoms with Gasteiger partial charge in [0.15, 0.2) is 0 Å². The summed E-state index contributed by atoms with van der Waals surface area (Å²) in [6.45, 7) is 0. The number of nitro groups is 1. The smallest absolute Gasteiger partial charge is 0.306 e. The molecule has 18 heavy (non-hydrogen) atoms. The summed E-state index contributed by atoms with van der Waals surface area (Å²) in [4.78, 5) is 20.2. The van der Waals surface area contributed by atoms with Gasteiger partial charge < -0.3 is 21.1 Å². The van der Waals surface area contributed by atoms with Crippen molar-refractivity contribution in [3.05, 3.63) is 33.9 Å². The number of anilines is 1. The molecule has 0 spiro atoms. The van der Waals surface area contributed by atoms with Gasteiger partial charge in [0.05, 0.1) is 17.4 Å². The van der Waals surface area contributed by atoms with Crippen molar-refractivity contribution in [1.29, 1.82) is 0 Å². The van der Waals surface area contributed by atoms with Crippen molar-refractivity contribution in [2.75, 3.05) is 5.73 Å². The Morgan fingerprint density at radius 2 is 2.06 bits per heavy atom. The second-order valence-electron chi connectivity index (χ2n) is 3.68. The number of nitro benzene ring substituents is 1. The highest BCUT2D eigenvalue weighted by Gasteiger charge is 2.24. The van der Waals surface area contributed by atoms with Crippen LogP contribution in [0.15, 0.2) is 18.2 Å². The van der Waals surface area contributed by atoms with Crippen molar-refractivity contribution >= 4 is 17.3 Å². The number of aliphatic carboxylic acids is 1. The Labute approximate surface area is 101 Å². The van der Waals surface area contributed by atoms with Crippen molar-refractivity contribution in [2.45, 2.75) is 18.6 Å². The fourth-order valence-electron chi connectivity index (χ4n) is 1.44. The van der Waals surface area contributed by atoms with Crippen LogP contribution < -0.4 is 5.73 Å². The quantitative estimate of drug-likeness (QED) is 0.330. The molecule has 0 saturated carbocycles. The number of non-ortho nitro benzene ring substituents is 1. The number of benzene rings is 1. The summed E-state index contributed by atoms with van der Waals surface area (Å²) < 4.78 is 0. The van der Waals surface area contributed by atoms with Crippen molar-refractivity contribution < 1.29 is 25.0 Å². The van der Waals surface area contributed by atoms with E-state index in [0.29, 0.717) is 0 Å². The minimum absolute atomic E-state index is 0.0503. The fourth-order valence-corrected chi connectivity index (χ4v) is 1.44. The van der Waals surface area contributed by atoms with E-state index in [2.05, 4.69) is 0 Å². The maximum atomic E-state index is 10.5. The van der Waals surface area contributed by atoms with Crippen LogP contribution in [0.25, 0.3) is 0 Å². The molecule has 1 rings (SSSR count). The molecular weight excluding hydrogens is 244 g/mol. The van der Waals surface area contributed by atoms with Crippen molar-refractivity contribution in [3.8, 4) is 0 Å². The number of carboxylic acids is 1. The van der Waals surface area contributed by atoms with Crippen molar-refractivity contribution in [3.63, 3.8) is 0 Å². The molecule has 0 amide bonds. The van der Waals surface area contributed by atoms with Crippen LogP contribution in [0.2, 0.25) is 0 Å². The Bertz CT molecular complexity index is 475. The first-order valence-electron chi connectivity index (χ1n) is 4.94. The number of hydrogen-bond donors (Lipinski definition) is 4. The summed E-state index contributed by atoms with van der Waals surface area (Å²) in [5.74, 6) is -1.28. The Morgan fingerprint density at radius 1 is 1.44 bits per heavy atom. The van der Waals surface area contributed by atoms with Gasteiger partial charge in [0, 0.05) is 23.4 Å². The number of nitrogens with zero attached hydrogens (tertiary/aromatic N) is 1. The Morgan fingerprint density at radius 3 is 2.50 bits per heavy atom. The molecule has 2 atom stereocenters. The van der Waals surface area contributed by atoms with Gasteiger partial charge >= 0.3 is 5.97 Å². The van der Waals surface area contributed by atoms with Gasteiger partial charge in [0.1, 0.15) is 6.10 Å². The van der Waals surface area contributed by atoms with E-state index in [1.165, 1.54) is 6.07 Å². The SMILES string of the molecule is Nc1cc([N+](=O)[O-])ccc1C(O)C(O)CC(=O)O. The molecule has 1 aromatic carbocycles. The number of nitrogen functional groups attached to an aromatic ring is 1. The average Bonchev–Trinajstić information content (AvgIpc) is 2.26. The maximum Gasteiger partial charge on any atom is 0.306 e. The van der Waals surface area contributed by atoms with Crippen LogP contribution in [0.4, 0.5) is 11.4 Å². The molecule has 0 aliphatic rings. The summed E-state index contributed by atoms with van der Waals surface area (Å²) in [5.41, 5.74) is 5.22. The topological polar surface area (TPSA) is 147 Å². The molecule has 5 N–H and O–H groups in total. The van der Waals surface area contributed by atoms with E-state index in [1.54, 1.807) is 0 Å². The molecule has 8 heteroatoms. The van der Waals surface area contributed by atoms with Gasteiger partial charge in [-0.05, 0) is 6.07 Å². The highest BCUT2D eigenvalue weighted by Crippen LogP contribution is 2.27. The monoisotopic (exact) mass is 256 g/mol. The van der Waals surface area contributed by atoms with Crippen LogP contribution in [0, 0.1) is 10.1 Å². The van der Waals surface area contributed by atoms with Crippen LogP contribution in [-0.4, -0.2) is 32.3 Å². The highest BCUT2D eigenvalue weighted by molar-refractivity contribution is 5.67. The normalized spacial score (nSPS) is 13.9. The molecule has 0 bridgehead atoms. The lowest BCUT2D eigenvalue weighted by Crippen LogP contribution is -2.22. The molecule has 0 heterocycles. The Kier molecular flexibility index (Phi) is 4.18. The first-order chi connectivity index (χ1) is 8.32. The van der Waals surface area contributed by atoms with Crippen molar-refractivity contribution in [2.24, 2.45) is 0 Å². The van der Waals surface area contributed by atoms with Gasteiger partial charge in [-0.15, -0.1) is 0 Å². The highest BCUT2D eigenvalue weighted by atomic mass is 16.6. The molecular formula is C10H12N2O6. The molecule has 0 aliphatic carbocycles. The van der Waals surface area contributed by atoms with E-state index in [4.69, 9.17) is 10.8 Å². The van der Waals surface area contributed by atoms with Gasteiger partial charge in [-0.2, -0.15) is 0 Å². The van der Waals surface area contributed by atoms with Gasteiger partial charge in [-0.25, -0.2) is 0 Å². The van der Waals surface area contributed by atoms with Gasteiger partial charge in [-0.3, -0.25) is 14.9 Å². The second-order valence-corrected chi connectivity index (χ2v) is 3.68. The van der Waals surface area contributed by atoms with Gasteiger partial charge in [0.25, 0.3) is 5.69 Å².